The molecule has 1 saturated carbocycles. The van der Waals surface area contributed by atoms with Crippen LogP contribution in [0.4, 0.5) is 4.79 Å². The summed E-state index contributed by atoms with van der Waals surface area (Å²) in [6.45, 7) is 0.0949. The summed E-state index contributed by atoms with van der Waals surface area (Å²) in [5.41, 5.74) is 5.37. The number of carbonyl (C=O) groups is 1. The van der Waals surface area contributed by atoms with Gasteiger partial charge in [0.15, 0.2) is 0 Å². The van der Waals surface area contributed by atoms with Gasteiger partial charge in [0.25, 0.3) is 0 Å². The Hall–Kier alpha value is -0.810. The Morgan fingerprint density at radius 3 is 2.50 bits per heavy atom. The molecule has 1 aliphatic carbocycles. The number of aliphatic hydroxyl groups excluding tert-OH is 1. The van der Waals surface area contributed by atoms with Gasteiger partial charge >= 0.3 is 6.09 Å². The Morgan fingerprint density at radius 1 is 1.38 bits per heavy atom. The normalized spacial score (nSPS) is 21.4. The molecule has 0 aromatic heterocycles. The smallest absolute Gasteiger partial charge is 0.404 e. The first-order chi connectivity index (χ1) is 7.63. The Morgan fingerprint density at radius 2 is 2.00 bits per heavy atom. The van der Waals surface area contributed by atoms with Crippen LogP contribution in [0.25, 0.3) is 0 Å². The zero-order valence-corrected chi connectivity index (χ0v) is 9.56. The molecular formula is C11H22N2O3. The number of rotatable bonds is 5. The van der Waals surface area contributed by atoms with Gasteiger partial charge in [0.1, 0.15) is 0 Å². The molecule has 0 aromatic rings. The number of aliphatic hydroxyl groups is 1. The molecule has 0 aliphatic heterocycles. The topological polar surface area (TPSA) is 95.6 Å². The second kappa shape index (κ2) is 6.70. The first-order valence-corrected chi connectivity index (χ1v) is 6.01. The number of carboxylic acid groups (broad SMARTS) is 1. The number of hydrogen-bond donors (Lipinski definition) is 4. The summed E-state index contributed by atoms with van der Waals surface area (Å²) >= 11 is 0. The molecule has 0 aromatic carbocycles. The zero-order valence-electron chi connectivity index (χ0n) is 9.56. The van der Waals surface area contributed by atoms with E-state index >= 15 is 0 Å². The molecule has 1 aliphatic rings. The average molecular weight is 230 g/mol. The molecule has 1 amide bonds. The fourth-order valence-electron chi connectivity index (χ4n) is 2.42. The summed E-state index contributed by atoms with van der Waals surface area (Å²) in [5.74, 6) is 0.520. The van der Waals surface area contributed by atoms with Crippen molar-refractivity contribution in [3.8, 4) is 0 Å². The molecule has 5 nitrogen and oxygen atoms in total. The summed E-state index contributed by atoms with van der Waals surface area (Å²) < 4.78 is 0. The number of amides is 1. The highest BCUT2D eigenvalue weighted by molar-refractivity contribution is 5.64. The summed E-state index contributed by atoms with van der Waals surface area (Å²) in [7, 11) is 0. The summed E-state index contributed by atoms with van der Waals surface area (Å²) in [5, 5.41) is 20.7. The van der Waals surface area contributed by atoms with Crippen molar-refractivity contribution in [2.24, 2.45) is 11.7 Å². The molecular weight excluding hydrogens is 208 g/mol. The molecule has 2 atom stereocenters. The number of hydrogen-bond acceptors (Lipinski definition) is 3. The fourth-order valence-corrected chi connectivity index (χ4v) is 2.42. The van der Waals surface area contributed by atoms with E-state index in [0.717, 1.165) is 12.8 Å². The van der Waals surface area contributed by atoms with E-state index in [0.29, 0.717) is 12.3 Å². The van der Waals surface area contributed by atoms with Crippen LogP contribution >= 0.6 is 0 Å². The molecule has 0 heterocycles. The predicted molar refractivity (Wildman–Crippen MR) is 61.2 cm³/mol. The number of nitrogens with one attached hydrogen (secondary N) is 1. The van der Waals surface area contributed by atoms with Gasteiger partial charge in [-0.3, -0.25) is 0 Å². The van der Waals surface area contributed by atoms with Crippen molar-refractivity contribution >= 4 is 6.09 Å². The maximum Gasteiger partial charge on any atom is 0.404 e. The SMILES string of the molecule is NC[C@@H](O)[C@H](CC1CCCCC1)NC(=O)O. The predicted octanol–water partition coefficient (Wildman–Crippen LogP) is 0.913. The van der Waals surface area contributed by atoms with E-state index in [1.807, 2.05) is 0 Å². The highest BCUT2D eigenvalue weighted by atomic mass is 16.4. The van der Waals surface area contributed by atoms with Gasteiger partial charge in [-0.15, -0.1) is 0 Å². The lowest BCUT2D eigenvalue weighted by Gasteiger charge is -2.28. The molecule has 0 bridgehead atoms. The minimum absolute atomic E-state index is 0.0949. The second-order valence-corrected chi connectivity index (χ2v) is 4.60. The van der Waals surface area contributed by atoms with E-state index in [1.165, 1.54) is 19.3 Å². The van der Waals surface area contributed by atoms with Crippen LogP contribution in [0.5, 0.6) is 0 Å². The van der Waals surface area contributed by atoms with Crippen LogP contribution < -0.4 is 11.1 Å². The molecule has 94 valence electrons. The van der Waals surface area contributed by atoms with Gasteiger partial charge < -0.3 is 21.3 Å². The minimum atomic E-state index is -1.09. The first-order valence-electron chi connectivity index (χ1n) is 6.01. The van der Waals surface area contributed by atoms with Crippen molar-refractivity contribution in [1.82, 2.24) is 5.32 Å². The van der Waals surface area contributed by atoms with Gasteiger partial charge in [-0.1, -0.05) is 32.1 Å². The molecule has 1 fully saturated rings. The third kappa shape index (κ3) is 4.37. The van der Waals surface area contributed by atoms with E-state index < -0.39 is 18.2 Å². The largest absolute Gasteiger partial charge is 0.465 e. The van der Waals surface area contributed by atoms with Crippen LogP contribution in [0, 0.1) is 5.92 Å². The van der Waals surface area contributed by atoms with Crippen molar-refractivity contribution in [3.63, 3.8) is 0 Å². The van der Waals surface area contributed by atoms with Crippen LogP contribution in [0.15, 0.2) is 0 Å². The van der Waals surface area contributed by atoms with E-state index in [9.17, 15) is 9.90 Å². The van der Waals surface area contributed by atoms with Crippen molar-refractivity contribution in [2.75, 3.05) is 6.54 Å². The van der Waals surface area contributed by atoms with Crippen molar-refractivity contribution < 1.29 is 15.0 Å². The Kier molecular flexibility index (Phi) is 5.55. The Labute approximate surface area is 96.0 Å². The molecule has 0 saturated heterocycles. The van der Waals surface area contributed by atoms with Crippen molar-refractivity contribution in [1.29, 1.82) is 0 Å². The number of nitrogens with two attached hydrogens (primary N) is 1. The molecule has 5 heteroatoms. The Balaban J connectivity index is 2.44. The van der Waals surface area contributed by atoms with Gasteiger partial charge in [-0.2, -0.15) is 0 Å². The molecule has 0 unspecified atom stereocenters. The van der Waals surface area contributed by atoms with Crippen molar-refractivity contribution in [3.05, 3.63) is 0 Å². The van der Waals surface area contributed by atoms with E-state index in [4.69, 9.17) is 10.8 Å². The van der Waals surface area contributed by atoms with Crippen molar-refractivity contribution in [2.45, 2.75) is 50.7 Å². The summed E-state index contributed by atoms with van der Waals surface area (Å²) in [4.78, 5) is 10.6. The molecule has 5 N–H and O–H groups in total. The maximum atomic E-state index is 10.6. The van der Waals surface area contributed by atoms with Crippen LogP contribution in [0.1, 0.15) is 38.5 Å². The van der Waals surface area contributed by atoms with Crippen LogP contribution in [-0.2, 0) is 0 Å². The third-order valence-electron chi connectivity index (χ3n) is 3.33. The average Bonchev–Trinajstić information content (AvgIpc) is 2.28. The zero-order chi connectivity index (χ0) is 12.0. The molecule has 0 radical (unpaired) electrons. The van der Waals surface area contributed by atoms with Crippen LogP contribution in [-0.4, -0.2) is 35.0 Å². The quantitative estimate of drug-likeness (QED) is 0.564. The van der Waals surface area contributed by atoms with Gasteiger partial charge in [-0.25, -0.2) is 4.79 Å². The first kappa shape index (κ1) is 13.3. The van der Waals surface area contributed by atoms with E-state index in [1.54, 1.807) is 0 Å². The maximum absolute atomic E-state index is 10.6. The molecule has 16 heavy (non-hydrogen) atoms. The lowest BCUT2D eigenvalue weighted by molar-refractivity contribution is 0.109. The standard InChI is InChI=1S/C11H22N2O3/c12-7-10(14)9(13-11(15)16)6-8-4-2-1-3-5-8/h8-10,13-14H,1-7,12H2,(H,15,16)/t9-,10+/m0/s1. The fraction of sp³-hybridized carbons (Fsp3) is 0.909. The van der Waals surface area contributed by atoms with Gasteiger partial charge in [0.2, 0.25) is 0 Å². The Bertz CT molecular complexity index is 217. The monoisotopic (exact) mass is 230 g/mol. The summed E-state index contributed by atoms with van der Waals surface area (Å²) in [6, 6.07) is -0.425. The van der Waals surface area contributed by atoms with Gasteiger partial charge in [0, 0.05) is 6.54 Å². The highest BCUT2D eigenvalue weighted by Gasteiger charge is 2.24. The van der Waals surface area contributed by atoms with Crippen LogP contribution in [0.3, 0.4) is 0 Å². The van der Waals surface area contributed by atoms with E-state index in [-0.39, 0.29) is 6.54 Å². The van der Waals surface area contributed by atoms with Gasteiger partial charge in [-0.05, 0) is 12.3 Å². The van der Waals surface area contributed by atoms with E-state index in [2.05, 4.69) is 5.32 Å². The molecule has 1 rings (SSSR count). The minimum Gasteiger partial charge on any atom is -0.465 e. The lowest BCUT2D eigenvalue weighted by atomic mass is 9.84. The lowest BCUT2D eigenvalue weighted by Crippen LogP contribution is -2.47. The second-order valence-electron chi connectivity index (χ2n) is 4.60. The van der Waals surface area contributed by atoms with Crippen LogP contribution in [0.2, 0.25) is 0 Å². The van der Waals surface area contributed by atoms with Gasteiger partial charge in [0.05, 0.1) is 12.1 Å². The summed E-state index contributed by atoms with van der Waals surface area (Å²) in [6.07, 6.45) is 4.79. The highest BCUT2D eigenvalue weighted by Crippen LogP contribution is 2.27. The third-order valence-corrected chi connectivity index (χ3v) is 3.33. The molecule has 0 spiro atoms.